The van der Waals surface area contributed by atoms with Gasteiger partial charge in [-0.05, 0) is 23.8 Å². The van der Waals surface area contributed by atoms with E-state index in [1.807, 2.05) is 30.3 Å². The molecule has 0 unspecified atom stereocenters. The van der Waals surface area contributed by atoms with Crippen LogP contribution in [0.4, 0.5) is 5.69 Å². The Labute approximate surface area is 155 Å². The van der Waals surface area contributed by atoms with Crippen LogP contribution in [-0.4, -0.2) is 15.7 Å². The third kappa shape index (κ3) is 5.02. The van der Waals surface area contributed by atoms with Crippen molar-refractivity contribution in [2.75, 3.05) is 0 Å². The van der Waals surface area contributed by atoms with Crippen LogP contribution >= 0.6 is 0 Å². The molecule has 0 aliphatic heterocycles. The Kier molecular flexibility index (Phi) is 5.58. The molecule has 8 heteroatoms. The molecule has 2 N–H and O–H groups in total. The lowest BCUT2D eigenvalue weighted by Gasteiger charge is -2.06. The summed E-state index contributed by atoms with van der Waals surface area (Å²) in [5, 5.41) is 14.6. The topological polar surface area (TPSA) is 113 Å². The Morgan fingerprint density at radius 2 is 1.93 bits per heavy atom. The van der Waals surface area contributed by atoms with Crippen LogP contribution in [0.3, 0.4) is 0 Å². The van der Waals surface area contributed by atoms with E-state index in [4.69, 9.17) is 15.3 Å². The number of aromatic nitrogens is 1. The molecule has 0 aliphatic rings. The second kappa shape index (κ2) is 8.43. The number of hydrogen-bond acceptors (Lipinski definition) is 6. The Morgan fingerprint density at radius 1 is 1.11 bits per heavy atom. The van der Waals surface area contributed by atoms with Gasteiger partial charge in [0.1, 0.15) is 12.4 Å². The van der Waals surface area contributed by atoms with E-state index in [1.54, 1.807) is 24.3 Å². The van der Waals surface area contributed by atoms with Crippen molar-refractivity contribution in [3.63, 3.8) is 0 Å². The largest absolute Gasteiger partial charge is 0.439 e. The minimum absolute atomic E-state index is 0.00810. The van der Waals surface area contributed by atoms with Crippen molar-refractivity contribution in [1.82, 2.24) is 4.98 Å². The van der Waals surface area contributed by atoms with Crippen LogP contribution in [0.25, 0.3) is 0 Å². The van der Waals surface area contributed by atoms with Crippen LogP contribution < -0.4 is 10.5 Å². The first-order valence-corrected chi connectivity index (χ1v) is 8.00. The van der Waals surface area contributed by atoms with Crippen molar-refractivity contribution < 1.29 is 14.5 Å². The van der Waals surface area contributed by atoms with Gasteiger partial charge in [-0.15, -0.1) is 0 Å². The van der Waals surface area contributed by atoms with E-state index in [0.717, 1.165) is 0 Å². The van der Waals surface area contributed by atoms with Crippen molar-refractivity contribution in [2.45, 2.75) is 6.61 Å². The zero-order valence-corrected chi connectivity index (χ0v) is 14.2. The van der Waals surface area contributed by atoms with Gasteiger partial charge in [0.05, 0.1) is 4.92 Å². The molecule has 0 saturated heterocycles. The fourth-order valence-corrected chi connectivity index (χ4v) is 2.19. The second-order valence-corrected chi connectivity index (χ2v) is 5.48. The zero-order chi connectivity index (χ0) is 19.1. The summed E-state index contributed by atoms with van der Waals surface area (Å²) >= 11 is 0. The summed E-state index contributed by atoms with van der Waals surface area (Å²) in [6.45, 7) is 0.0605. The summed E-state index contributed by atoms with van der Waals surface area (Å²) in [5.74, 6) is 1.24. The molecule has 1 heterocycles. The van der Waals surface area contributed by atoms with Gasteiger partial charge in [-0.25, -0.2) is 4.98 Å². The Bertz CT molecular complexity index is 943. The van der Waals surface area contributed by atoms with Crippen LogP contribution in [0.2, 0.25) is 0 Å². The number of oxime groups is 1. The maximum Gasteiger partial charge on any atom is 0.269 e. The molecule has 1 aromatic heterocycles. The van der Waals surface area contributed by atoms with E-state index in [0.29, 0.717) is 22.8 Å². The molecule has 3 rings (SSSR count). The van der Waals surface area contributed by atoms with Gasteiger partial charge in [-0.3, -0.25) is 10.1 Å². The monoisotopic (exact) mass is 364 g/mol. The maximum atomic E-state index is 10.8. The molecular weight excluding hydrogens is 348 g/mol. The smallest absolute Gasteiger partial charge is 0.269 e. The quantitative estimate of drug-likeness (QED) is 0.296. The number of ether oxygens (including phenoxy) is 1. The average Bonchev–Trinajstić information content (AvgIpc) is 2.69. The van der Waals surface area contributed by atoms with Gasteiger partial charge in [0.2, 0.25) is 5.88 Å². The number of nitrogens with two attached hydrogens (primary N) is 1. The van der Waals surface area contributed by atoms with Gasteiger partial charge in [0, 0.05) is 30.0 Å². The van der Waals surface area contributed by atoms with Crippen LogP contribution in [0.1, 0.15) is 11.1 Å². The third-order valence-electron chi connectivity index (χ3n) is 3.51. The maximum absolute atomic E-state index is 10.8. The SMILES string of the molecule is N/C(=N/OCc1cccc([N+](=O)[O-])c1)c1ccc(Oc2ccccc2)nc1. The molecule has 0 amide bonds. The van der Waals surface area contributed by atoms with Gasteiger partial charge in [0.25, 0.3) is 5.69 Å². The second-order valence-electron chi connectivity index (χ2n) is 5.48. The van der Waals surface area contributed by atoms with Crippen LogP contribution in [-0.2, 0) is 11.4 Å². The van der Waals surface area contributed by atoms with Crippen LogP contribution in [0.5, 0.6) is 11.6 Å². The number of pyridine rings is 1. The van der Waals surface area contributed by atoms with Crippen molar-refractivity contribution in [2.24, 2.45) is 10.9 Å². The normalized spacial score (nSPS) is 11.0. The zero-order valence-electron chi connectivity index (χ0n) is 14.2. The lowest BCUT2D eigenvalue weighted by molar-refractivity contribution is -0.384. The highest BCUT2D eigenvalue weighted by molar-refractivity contribution is 5.96. The molecule has 0 bridgehead atoms. The van der Waals surface area contributed by atoms with Gasteiger partial charge in [-0.2, -0.15) is 0 Å². The summed E-state index contributed by atoms with van der Waals surface area (Å²) < 4.78 is 5.60. The molecule has 0 aliphatic carbocycles. The highest BCUT2D eigenvalue weighted by Gasteiger charge is 2.06. The van der Waals surface area contributed by atoms with Gasteiger partial charge in [0.15, 0.2) is 5.84 Å². The molecule has 2 aromatic carbocycles. The Morgan fingerprint density at radius 3 is 2.63 bits per heavy atom. The number of nitrogens with zero attached hydrogens (tertiary/aromatic N) is 3. The summed E-state index contributed by atoms with van der Waals surface area (Å²) in [6, 6.07) is 18.8. The minimum atomic E-state index is -0.466. The number of non-ortho nitro benzene ring substituents is 1. The van der Waals surface area contributed by atoms with Crippen LogP contribution in [0.15, 0.2) is 78.1 Å². The number of benzene rings is 2. The van der Waals surface area contributed by atoms with Gasteiger partial charge < -0.3 is 15.3 Å². The fraction of sp³-hybridized carbons (Fsp3) is 0.0526. The first-order chi connectivity index (χ1) is 13.1. The highest BCUT2D eigenvalue weighted by atomic mass is 16.6. The Hall–Kier alpha value is -3.94. The molecule has 136 valence electrons. The van der Waals surface area contributed by atoms with E-state index >= 15 is 0 Å². The standard InChI is InChI=1S/C19H16N4O4/c20-19(22-26-13-14-5-4-6-16(11-14)23(24)25)15-9-10-18(21-12-15)27-17-7-2-1-3-8-17/h1-12H,13H2,(H2,20,22). The van der Waals surface area contributed by atoms with Gasteiger partial charge in [-0.1, -0.05) is 35.5 Å². The van der Waals surface area contributed by atoms with Crippen molar-refractivity contribution >= 4 is 11.5 Å². The first kappa shape index (κ1) is 17.9. The molecule has 0 spiro atoms. The van der Waals surface area contributed by atoms with E-state index in [9.17, 15) is 10.1 Å². The Balaban J connectivity index is 1.59. The summed E-state index contributed by atoms with van der Waals surface area (Å²) in [5.41, 5.74) is 7.05. The summed E-state index contributed by atoms with van der Waals surface area (Å²) in [6.07, 6.45) is 1.52. The first-order valence-electron chi connectivity index (χ1n) is 8.00. The predicted molar refractivity (Wildman–Crippen MR) is 99.4 cm³/mol. The van der Waals surface area contributed by atoms with E-state index in [-0.39, 0.29) is 18.1 Å². The third-order valence-corrected chi connectivity index (χ3v) is 3.51. The fourth-order valence-electron chi connectivity index (χ4n) is 2.19. The van der Waals surface area contributed by atoms with Crippen molar-refractivity contribution in [1.29, 1.82) is 0 Å². The average molecular weight is 364 g/mol. The molecule has 0 fully saturated rings. The predicted octanol–water partition coefficient (Wildman–Crippen LogP) is 3.62. The highest BCUT2D eigenvalue weighted by Crippen LogP contribution is 2.18. The lowest BCUT2D eigenvalue weighted by Crippen LogP contribution is -2.14. The number of amidine groups is 1. The number of para-hydroxylation sites is 1. The summed E-state index contributed by atoms with van der Waals surface area (Å²) in [4.78, 5) is 19.7. The van der Waals surface area contributed by atoms with Gasteiger partial charge >= 0.3 is 0 Å². The lowest BCUT2D eigenvalue weighted by atomic mass is 10.2. The van der Waals surface area contributed by atoms with E-state index in [1.165, 1.54) is 18.3 Å². The molecule has 0 atom stereocenters. The van der Waals surface area contributed by atoms with Crippen molar-refractivity contribution in [3.05, 3.63) is 94.2 Å². The summed E-state index contributed by atoms with van der Waals surface area (Å²) in [7, 11) is 0. The van der Waals surface area contributed by atoms with Crippen LogP contribution in [0, 0.1) is 10.1 Å². The van der Waals surface area contributed by atoms with E-state index in [2.05, 4.69) is 10.1 Å². The van der Waals surface area contributed by atoms with Crippen molar-refractivity contribution in [3.8, 4) is 11.6 Å². The minimum Gasteiger partial charge on any atom is -0.439 e. The number of nitro groups is 1. The molecule has 0 saturated carbocycles. The molecule has 3 aromatic rings. The molecule has 0 radical (unpaired) electrons. The molecular formula is C19H16N4O4. The number of rotatable bonds is 7. The number of nitro benzene ring substituents is 1. The molecule has 27 heavy (non-hydrogen) atoms. The molecule has 8 nitrogen and oxygen atoms in total. The number of hydrogen-bond donors (Lipinski definition) is 1. The van der Waals surface area contributed by atoms with E-state index < -0.39 is 4.92 Å².